The first-order chi connectivity index (χ1) is 7.15. The quantitative estimate of drug-likeness (QED) is 0.710. The molecule has 1 saturated heterocycles. The zero-order chi connectivity index (χ0) is 11.3. The number of likely N-dealkylation sites (tertiary alicyclic amines) is 1. The molecular weight excluding hydrogens is 192 g/mol. The summed E-state index contributed by atoms with van der Waals surface area (Å²) in [5.74, 6) is -0.0976. The van der Waals surface area contributed by atoms with Gasteiger partial charge in [-0.1, -0.05) is 6.92 Å². The summed E-state index contributed by atoms with van der Waals surface area (Å²) in [5, 5.41) is 12.3. The summed E-state index contributed by atoms with van der Waals surface area (Å²) in [6, 6.07) is -0.338. The SMILES string of the molecule is CCNCC1CCCN(C(C)C(=O)O)C1. The van der Waals surface area contributed by atoms with E-state index in [-0.39, 0.29) is 6.04 Å². The smallest absolute Gasteiger partial charge is 0.320 e. The molecule has 4 nitrogen and oxygen atoms in total. The van der Waals surface area contributed by atoms with Gasteiger partial charge in [-0.05, 0) is 45.3 Å². The van der Waals surface area contributed by atoms with Crippen molar-refractivity contribution in [1.82, 2.24) is 10.2 Å². The fourth-order valence-corrected chi connectivity index (χ4v) is 2.12. The Labute approximate surface area is 91.6 Å². The van der Waals surface area contributed by atoms with E-state index in [9.17, 15) is 4.79 Å². The predicted octanol–water partition coefficient (Wildman–Crippen LogP) is 0.781. The third-order valence-corrected chi connectivity index (χ3v) is 3.14. The molecule has 1 fully saturated rings. The van der Waals surface area contributed by atoms with E-state index in [4.69, 9.17) is 5.11 Å². The average molecular weight is 214 g/mol. The molecule has 1 aliphatic heterocycles. The first-order valence-corrected chi connectivity index (χ1v) is 5.82. The third-order valence-electron chi connectivity index (χ3n) is 3.14. The molecular formula is C11H22N2O2. The van der Waals surface area contributed by atoms with E-state index in [1.807, 2.05) is 0 Å². The van der Waals surface area contributed by atoms with Crippen LogP contribution in [-0.4, -0.2) is 48.2 Å². The van der Waals surface area contributed by atoms with Crippen LogP contribution in [0.4, 0.5) is 0 Å². The van der Waals surface area contributed by atoms with E-state index in [1.165, 1.54) is 6.42 Å². The highest BCUT2D eigenvalue weighted by Gasteiger charge is 2.26. The Hall–Kier alpha value is -0.610. The second-order valence-corrected chi connectivity index (χ2v) is 4.33. The topological polar surface area (TPSA) is 52.6 Å². The molecule has 1 aliphatic rings. The summed E-state index contributed by atoms with van der Waals surface area (Å²) in [4.78, 5) is 12.9. The van der Waals surface area contributed by atoms with Gasteiger partial charge in [-0.3, -0.25) is 9.69 Å². The Morgan fingerprint density at radius 2 is 2.40 bits per heavy atom. The fourth-order valence-electron chi connectivity index (χ4n) is 2.12. The van der Waals surface area contributed by atoms with Crippen LogP contribution in [0.1, 0.15) is 26.7 Å². The van der Waals surface area contributed by atoms with Gasteiger partial charge in [0, 0.05) is 6.54 Å². The molecule has 1 rings (SSSR count). The first kappa shape index (κ1) is 12.5. The number of hydrogen-bond acceptors (Lipinski definition) is 3. The van der Waals surface area contributed by atoms with Crippen molar-refractivity contribution in [2.75, 3.05) is 26.2 Å². The number of carbonyl (C=O) groups is 1. The van der Waals surface area contributed by atoms with Gasteiger partial charge in [0.25, 0.3) is 0 Å². The number of nitrogens with one attached hydrogen (secondary N) is 1. The van der Waals surface area contributed by atoms with Gasteiger partial charge in [0.05, 0.1) is 0 Å². The van der Waals surface area contributed by atoms with Crippen LogP contribution in [0.25, 0.3) is 0 Å². The van der Waals surface area contributed by atoms with E-state index in [0.29, 0.717) is 5.92 Å². The molecule has 1 heterocycles. The molecule has 0 aromatic rings. The van der Waals surface area contributed by atoms with Crippen molar-refractivity contribution in [2.45, 2.75) is 32.7 Å². The minimum atomic E-state index is -0.709. The molecule has 15 heavy (non-hydrogen) atoms. The van der Waals surface area contributed by atoms with Crippen molar-refractivity contribution in [3.05, 3.63) is 0 Å². The molecule has 88 valence electrons. The Bertz CT molecular complexity index is 209. The Balaban J connectivity index is 2.38. The second kappa shape index (κ2) is 6.08. The summed E-state index contributed by atoms with van der Waals surface area (Å²) < 4.78 is 0. The number of piperidine rings is 1. The van der Waals surface area contributed by atoms with E-state index in [2.05, 4.69) is 17.1 Å². The van der Waals surface area contributed by atoms with E-state index in [1.54, 1.807) is 6.92 Å². The monoisotopic (exact) mass is 214 g/mol. The van der Waals surface area contributed by atoms with Crippen molar-refractivity contribution in [3.63, 3.8) is 0 Å². The lowest BCUT2D eigenvalue weighted by molar-refractivity contribution is -0.143. The minimum Gasteiger partial charge on any atom is -0.480 e. The van der Waals surface area contributed by atoms with Crippen LogP contribution in [0, 0.1) is 5.92 Å². The van der Waals surface area contributed by atoms with Crippen LogP contribution < -0.4 is 5.32 Å². The van der Waals surface area contributed by atoms with Gasteiger partial charge in [0.2, 0.25) is 0 Å². The second-order valence-electron chi connectivity index (χ2n) is 4.33. The molecule has 0 aliphatic carbocycles. The molecule has 0 amide bonds. The number of carboxylic acid groups (broad SMARTS) is 1. The van der Waals surface area contributed by atoms with E-state index < -0.39 is 5.97 Å². The molecule has 4 heteroatoms. The van der Waals surface area contributed by atoms with Crippen LogP contribution in [0.15, 0.2) is 0 Å². The molecule has 2 N–H and O–H groups in total. The number of hydrogen-bond donors (Lipinski definition) is 2. The highest BCUT2D eigenvalue weighted by Crippen LogP contribution is 2.17. The summed E-state index contributed by atoms with van der Waals surface area (Å²) >= 11 is 0. The van der Waals surface area contributed by atoms with Crippen molar-refractivity contribution in [1.29, 1.82) is 0 Å². The van der Waals surface area contributed by atoms with Crippen LogP contribution in [0.5, 0.6) is 0 Å². The fraction of sp³-hybridized carbons (Fsp3) is 0.909. The van der Waals surface area contributed by atoms with E-state index in [0.717, 1.165) is 32.6 Å². The van der Waals surface area contributed by atoms with Gasteiger partial charge < -0.3 is 10.4 Å². The van der Waals surface area contributed by atoms with Crippen LogP contribution in [0.2, 0.25) is 0 Å². The highest BCUT2D eigenvalue weighted by atomic mass is 16.4. The maximum Gasteiger partial charge on any atom is 0.320 e. The largest absolute Gasteiger partial charge is 0.480 e. The van der Waals surface area contributed by atoms with Gasteiger partial charge in [-0.25, -0.2) is 0 Å². The van der Waals surface area contributed by atoms with Crippen molar-refractivity contribution in [2.24, 2.45) is 5.92 Å². The number of nitrogens with zero attached hydrogens (tertiary/aromatic N) is 1. The Kier molecular flexibility index (Phi) is 5.05. The lowest BCUT2D eigenvalue weighted by Gasteiger charge is -2.35. The third kappa shape index (κ3) is 3.80. The van der Waals surface area contributed by atoms with Gasteiger partial charge in [0.1, 0.15) is 6.04 Å². The Morgan fingerprint density at radius 3 is 3.00 bits per heavy atom. The summed E-state index contributed by atoms with van der Waals surface area (Å²) in [6.45, 7) is 7.72. The van der Waals surface area contributed by atoms with Crippen LogP contribution in [0.3, 0.4) is 0 Å². The maximum absolute atomic E-state index is 10.9. The Morgan fingerprint density at radius 1 is 1.67 bits per heavy atom. The summed E-state index contributed by atoms with van der Waals surface area (Å²) in [6.07, 6.45) is 2.34. The molecule has 2 unspecified atom stereocenters. The van der Waals surface area contributed by atoms with Crippen molar-refractivity contribution in [3.8, 4) is 0 Å². The van der Waals surface area contributed by atoms with Crippen LogP contribution in [-0.2, 0) is 4.79 Å². The van der Waals surface area contributed by atoms with Gasteiger partial charge in [0.15, 0.2) is 0 Å². The lowest BCUT2D eigenvalue weighted by Crippen LogP contribution is -2.46. The normalized spacial score (nSPS) is 25.1. The molecule has 0 aromatic heterocycles. The lowest BCUT2D eigenvalue weighted by atomic mass is 9.97. The van der Waals surface area contributed by atoms with Crippen LogP contribution >= 0.6 is 0 Å². The number of carboxylic acids is 1. The first-order valence-electron chi connectivity index (χ1n) is 5.82. The molecule has 0 aromatic carbocycles. The zero-order valence-corrected chi connectivity index (χ0v) is 9.70. The zero-order valence-electron chi connectivity index (χ0n) is 9.70. The number of rotatable bonds is 5. The van der Waals surface area contributed by atoms with Crippen molar-refractivity contribution >= 4 is 5.97 Å². The average Bonchev–Trinajstić information content (AvgIpc) is 2.25. The summed E-state index contributed by atoms with van der Waals surface area (Å²) in [7, 11) is 0. The van der Waals surface area contributed by atoms with Crippen molar-refractivity contribution < 1.29 is 9.90 Å². The van der Waals surface area contributed by atoms with Gasteiger partial charge >= 0.3 is 5.97 Å². The number of aliphatic carboxylic acids is 1. The molecule has 0 saturated carbocycles. The molecule has 2 atom stereocenters. The standard InChI is InChI=1S/C11H22N2O2/c1-3-12-7-10-5-4-6-13(8-10)9(2)11(14)15/h9-10,12H,3-8H2,1-2H3,(H,14,15). The molecule has 0 spiro atoms. The maximum atomic E-state index is 10.9. The van der Waals surface area contributed by atoms with Gasteiger partial charge in [-0.2, -0.15) is 0 Å². The molecule has 0 bridgehead atoms. The summed E-state index contributed by atoms with van der Waals surface area (Å²) in [5.41, 5.74) is 0. The minimum absolute atomic E-state index is 0.338. The molecule has 0 radical (unpaired) electrons. The van der Waals surface area contributed by atoms with Gasteiger partial charge in [-0.15, -0.1) is 0 Å². The van der Waals surface area contributed by atoms with E-state index >= 15 is 0 Å². The highest BCUT2D eigenvalue weighted by molar-refractivity contribution is 5.72. The predicted molar refractivity (Wildman–Crippen MR) is 59.9 cm³/mol.